The zero-order chi connectivity index (χ0) is 10.8. The largest absolute Gasteiger partial charge is 0.291 e. The fourth-order valence-electron chi connectivity index (χ4n) is 0.840. The van der Waals surface area contributed by atoms with Crippen LogP contribution in [0.1, 0.15) is 0 Å². The highest BCUT2D eigenvalue weighted by atomic mass is 16.1. The van der Waals surface area contributed by atoms with Crippen molar-refractivity contribution < 1.29 is 4.79 Å². The molecule has 0 saturated heterocycles. The van der Waals surface area contributed by atoms with Crippen LogP contribution in [0.25, 0.3) is 0 Å². The van der Waals surface area contributed by atoms with Crippen molar-refractivity contribution in [2.24, 2.45) is 9.98 Å². The first-order valence-electron chi connectivity index (χ1n) is 4.60. The SMILES string of the molecule is O=C1C=N\C=C/C=C\C=C/C=C\C=NC1. The van der Waals surface area contributed by atoms with Crippen LogP contribution in [0, 0.1) is 0 Å². The lowest BCUT2D eigenvalue weighted by Gasteiger charge is -1.85. The van der Waals surface area contributed by atoms with Gasteiger partial charge in [0.1, 0.15) is 6.54 Å². The summed E-state index contributed by atoms with van der Waals surface area (Å²) in [5, 5.41) is 0. The number of hydrogen-bond acceptors (Lipinski definition) is 3. The number of carbonyl (C=O) groups is 1. The van der Waals surface area contributed by atoms with Crippen molar-refractivity contribution in [3.8, 4) is 0 Å². The van der Waals surface area contributed by atoms with E-state index in [-0.39, 0.29) is 12.3 Å². The van der Waals surface area contributed by atoms with Crippen molar-refractivity contribution >= 4 is 18.2 Å². The lowest BCUT2D eigenvalue weighted by molar-refractivity contribution is -0.111. The molecule has 15 heavy (non-hydrogen) atoms. The lowest BCUT2D eigenvalue weighted by atomic mass is 10.4. The Kier molecular flexibility index (Phi) is 5.44. The quantitative estimate of drug-likeness (QED) is 0.588. The second kappa shape index (κ2) is 7.38. The molecular weight excluding hydrogens is 188 g/mol. The monoisotopic (exact) mass is 200 g/mol. The third-order valence-corrected chi connectivity index (χ3v) is 1.50. The van der Waals surface area contributed by atoms with Crippen LogP contribution in [-0.2, 0) is 4.79 Å². The van der Waals surface area contributed by atoms with Crippen LogP contribution in [0.4, 0.5) is 0 Å². The van der Waals surface area contributed by atoms with Gasteiger partial charge in [0.05, 0.1) is 6.21 Å². The van der Waals surface area contributed by atoms with Crippen molar-refractivity contribution in [1.29, 1.82) is 0 Å². The summed E-state index contributed by atoms with van der Waals surface area (Å²) in [6.45, 7) is 0.140. The number of rotatable bonds is 0. The van der Waals surface area contributed by atoms with Crippen LogP contribution < -0.4 is 0 Å². The average Bonchev–Trinajstić information content (AvgIpc) is 2.24. The minimum atomic E-state index is -0.110. The molecule has 1 heterocycles. The third kappa shape index (κ3) is 6.10. The van der Waals surface area contributed by atoms with E-state index in [9.17, 15) is 4.79 Å². The molecule has 0 radical (unpaired) electrons. The number of nitrogens with zero attached hydrogens (tertiary/aromatic N) is 2. The molecule has 0 bridgehead atoms. The van der Waals surface area contributed by atoms with Crippen LogP contribution in [0.15, 0.2) is 58.7 Å². The molecule has 0 atom stereocenters. The Morgan fingerprint density at radius 3 is 2.40 bits per heavy atom. The molecule has 0 unspecified atom stereocenters. The molecule has 0 N–H and O–H groups in total. The average molecular weight is 200 g/mol. The number of Topliss-reactive ketones (excluding diaryl/α,β-unsaturated/α-hetero) is 1. The van der Waals surface area contributed by atoms with E-state index in [1.807, 2.05) is 30.4 Å². The summed E-state index contributed by atoms with van der Waals surface area (Å²) in [6, 6.07) is 0. The molecule has 0 fully saturated rings. The van der Waals surface area contributed by atoms with Gasteiger partial charge in [0, 0.05) is 12.4 Å². The summed E-state index contributed by atoms with van der Waals surface area (Å²) in [5.74, 6) is -0.110. The third-order valence-electron chi connectivity index (χ3n) is 1.50. The number of ketones is 1. The molecule has 0 aromatic heterocycles. The van der Waals surface area contributed by atoms with Crippen molar-refractivity contribution in [3.63, 3.8) is 0 Å². The zero-order valence-electron chi connectivity index (χ0n) is 8.28. The minimum absolute atomic E-state index is 0.110. The topological polar surface area (TPSA) is 41.8 Å². The standard InChI is InChI=1S/C12H12N2O/c15-12-10-13-8-6-4-2-1-3-5-7-9-14-11-12/h1-10H,11H2/b3-1-,4-2-,7-5-,8-6-,13-10?,14-9?. The number of allylic oxidation sites excluding steroid dienone is 7. The molecule has 0 saturated carbocycles. The maximum Gasteiger partial charge on any atom is 0.195 e. The normalized spacial score (nSPS) is 25.5. The van der Waals surface area contributed by atoms with Gasteiger partial charge in [0.2, 0.25) is 0 Å². The number of aliphatic imine (C=N–C) groups is 2. The first-order valence-corrected chi connectivity index (χ1v) is 4.60. The van der Waals surface area contributed by atoms with Gasteiger partial charge in [-0.1, -0.05) is 30.4 Å². The summed E-state index contributed by atoms with van der Waals surface area (Å²) in [4.78, 5) is 18.8. The molecule has 1 rings (SSSR count). The van der Waals surface area contributed by atoms with Gasteiger partial charge in [-0.15, -0.1) is 0 Å². The Balaban J connectivity index is 2.69. The molecular formula is C12H12N2O. The molecule has 3 nitrogen and oxygen atoms in total. The van der Waals surface area contributed by atoms with Crippen LogP contribution in [-0.4, -0.2) is 24.8 Å². The summed E-state index contributed by atoms with van der Waals surface area (Å²) < 4.78 is 0. The first-order chi connectivity index (χ1) is 7.39. The molecule has 0 aromatic carbocycles. The van der Waals surface area contributed by atoms with E-state index in [0.29, 0.717) is 0 Å². The smallest absolute Gasteiger partial charge is 0.195 e. The molecule has 0 amide bonds. The van der Waals surface area contributed by atoms with Crippen LogP contribution in [0.5, 0.6) is 0 Å². The highest BCUT2D eigenvalue weighted by Gasteiger charge is 1.91. The van der Waals surface area contributed by atoms with Crippen molar-refractivity contribution in [1.82, 2.24) is 0 Å². The van der Waals surface area contributed by atoms with Gasteiger partial charge >= 0.3 is 0 Å². The molecule has 76 valence electrons. The van der Waals surface area contributed by atoms with Crippen LogP contribution >= 0.6 is 0 Å². The van der Waals surface area contributed by atoms with E-state index < -0.39 is 0 Å². The maximum absolute atomic E-state index is 11.1. The molecule has 3 heteroatoms. The molecule has 0 spiro atoms. The second-order valence-corrected chi connectivity index (χ2v) is 2.73. The van der Waals surface area contributed by atoms with E-state index in [2.05, 4.69) is 9.98 Å². The summed E-state index contributed by atoms with van der Waals surface area (Å²) in [6.07, 6.45) is 17.3. The summed E-state index contributed by atoms with van der Waals surface area (Å²) in [5.41, 5.74) is 0. The summed E-state index contributed by atoms with van der Waals surface area (Å²) in [7, 11) is 0. The van der Waals surface area contributed by atoms with Gasteiger partial charge in [0.25, 0.3) is 0 Å². The minimum Gasteiger partial charge on any atom is -0.291 e. The van der Waals surface area contributed by atoms with Gasteiger partial charge in [0.15, 0.2) is 5.78 Å². The van der Waals surface area contributed by atoms with E-state index >= 15 is 0 Å². The second-order valence-electron chi connectivity index (χ2n) is 2.73. The van der Waals surface area contributed by atoms with Gasteiger partial charge < -0.3 is 0 Å². The maximum atomic E-state index is 11.1. The Morgan fingerprint density at radius 1 is 0.933 bits per heavy atom. The Morgan fingerprint density at radius 2 is 1.60 bits per heavy atom. The Hall–Kier alpha value is -2.03. The molecule has 0 aliphatic carbocycles. The number of hydrogen-bond donors (Lipinski definition) is 0. The van der Waals surface area contributed by atoms with E-state index in [1.165, 1.54) is 6.21 Å². The van der Waals surface area contributed by atoms with E-state index in [0.717, 1.165) is 0 Å². The first kappa shape index (κ1) is 11.0. The van der Waals surface area contributed by atoms with Crippen molar-refractivity contribution in [2.75, 3.05) is 6.54 Å². The molecule has 0 aromatic rings. The fourth-order valence-corrected chi connectivity index (χ4v) is 0.840. The predicted octanol–water partition coefficient (Wildman–Crippen LogP) is 1.89. The van der Waals surface area contributed by atoms with Crippen molar-refractivity contribution in [3.05, 3.63) is 48.7 Å². The van der Waals surface area contributed by atoms with E-state index in [1.54, 1.807) is 24.6 Å². The molecule has 1 aliphatic heterocycles. The van der Waals surface area contributed by atoms with Gasteiger partial charge in [-0.05, 0) is 12.2 Å². The Bertz CT molecular complexity index is 371. The number of carbonyl (C=O) groups excluding carboxylic acids is 1. The predicted molar refractivity (Wildman–Crippen MR) is 63.4 cm³/mol. The van der Waals surface area contributed by atoms with Gasteiger partial charge in [-0.25, -0.2) is 0 Å². The van der Waals surface area contributed by atoms with Crippen LogP contribution in [0.3, 0.4) is 0 Å². The molecule has 1 aliphatic rings. The van der Waals surface area contributed by atoms with E-state index in [4.69, 9.17) is 0 Å². The lowest BCUT2D eigenvalue weighted by Crippen LogP contribution is -2.02. The van der Waals surface area contributed by atoms with Gasteiger partial charge in [-0.3, -0.25) is 14.8 Å². The zero-order valence-corrected chi connectivity index (χ0v) is 8.28. The summed E-state index contributed by atoms with van der Waals surface area (Å²) >= 11 is 0. The fraction of sp³-hybridized carbons (Fsp3) is 0.0833. The highest BCUT2D eigenvalue weighted by Crippen LogP contribution is 1.84. The Labute approximate surface area is 88.9 Å². The van der Waals surface area contributed by atoms with Gasteiger partial charge in [-0.2, -0.15) is 0 Å². The highest BCUT2D eigenvalue weighted by molar-refractivity contribution is 6.28. The van der Waals surface area contributed by atoms with Crippen LogP contribution in [0.2, 0.25) is 0 Å². The van der Waals surface area contributed by atoms with Crippen molar-refractivity contribution in [2.45, 2.75) is 0 Å².